The number of rotatable bonds is 7. The van der Waals surface area contributed by atoms with Crippen molar-refractivity contribution in [3.8, 4) is 11.5 Å². The van der Waals surface area contributed by atoms with Gasteiger partial charge in [0.1, 0.15) is 0 Å². The van der Waals surface area contributed by atoms with Crippen LogP contribution in [0.15, 0.2) is 62.4 Å². The van der Waals surface area contributed by atoms with Gasteiger partial charge in [-0.2, -0.15) is 0 Å². The van der Waals surface area contributed by atoms with Gasteiger partial charge in [0, 0.05) is 4.90 Å². The Morgan fingerprint density at radius 1 is 1.19 bits per heavy atom. The Morgan fingerprint density at radius 2 is 1.89 bits per heavy atom. The van der Waals surface area contributed by atoms with Gasteiger partial charge in [-0.05, 0) is 68.5 Å². The molecule has 10 heteroatoms. The van der Waals surface area contributed by atoms with Crippen LogP contribution in [-0.4, -0.2) is 37.1 Å². The number of fused-ring (bicyclic) bond motifs is 1. The minimum atomic E-state index is -0.672. The van der Waals surface area contributed by atoms with Crippen LogP contribution in [0.5, 0.6) is 11.5 Å². The molecular formula is C27H27ClN2O5S2. The van der Waals surface area contributed by atoms with Crippen LogP contribution in [0, 0.1) is 0 Å². The molecule has 2 aromatic carbocycles. The van der Waals surface area contributed by atoms with E-state index >= 15 is 0 Å². The first-order chi connectivity index (χ1) is 17.7. The third kappa shape index (κ3) is 5.35. The van der Waals surface area contributed by atoms with Crippen molar-refractivity contribution in [3.05, 3.63) is 83.5 Å². The van der Waals surface area contributed by atoms with Crippen molar-refractivity contribution in [3.63, 3.8) is 0 Å². The molecule has 0 aliphatic carbocycles. The molecule has 0 saturated carbocycles. The molecule has 0 radical (unpaired) electrons. The summed E-state index contributed by atoms with van der Waals surface area (Å²) in [6.07, 6.45) is 3.41. The van der Waals surface area contributed by atoms with Crippen LogP contribution in [0.25, 0.3) is 6.08 Å². The maximum absolute atomic E-state index is 13.8. The van der Waals surface area contributed by atoms with E-state index < -0.39 is 12.0 Å². The van der Waals surface area contributed by atoms with Gasteiger partial charge in [-0.25, -0.2) is 9.79 Å². The summed E-state index contributed by atoms with van der Waals surface area (Å²) in [4.78, 5) is 33.2. The second-order valence-electron chi connectivity index (χ2n) is 8.55. The van der Waals surface area contributed by atoms with Gasteiger partial charge in [-0.15, -0.1) is 11.8 Å². The summed E-state index contributed by atoms with van der Waals surface area (Å²) < 4.78 is 18.3. The van der Waals surface area contributed by atoms with Crippen molar-refractivity contribution < 1.29 is 19.0 Å². The number of carbonyl (C=O) groups excluding carboxylic acids is 1. The average molecular weight is 559 g/mol. The number of nitrogens with zero attached hydrogens (tertiary/aromatic N) is 2. The molecule has 0 fully saturated rings. The van der Waals surface area contributed by atoms with Crippen molar-refractivity contribution in [1.29, 1.82) is 0 Å². The van der Waals surface area contributed by atoms with Gasteiger partial charge >= 0.3 is 5.97 Å². The highest BCUT2D eigenvalue weighted by Crippen LogP contribution is 2.36. The normalized spacial score (nSPS) is 15.5. The number of thioether (sulfide) groups is 1. The molecule has 0 amide bonds. The Balaban J connectivity index is 1.93. The number of thiazole rings is 1. The summed E-state index contributed by atoms with van der Waals surface area (Å²) in [5.41, 5.74) is 2.06. The molecular weight excluding hydrogens is 532 g/mol. The maximum Gasteiger partial charge on any atom is 0.338 e. The molecule has 0 spiro atoms. The van der Waals surface area contributed by atoms with Crippen molar-refractivity contribution in [2.24, 2.45) is 4.99 Å². The Kier molecular flexibility index (Phi) is 8.16. The van der Waals surface area contributed by atoms with E-state index in [0.29, 0.717) is 42.7 Å². The van der Waals surface area contributed by atoms with Crippen molar-refractivity contribution in [2.75, 3.05) is 20.5 Å². The second kappa shape index (κ2) is 11.2. The zero-order chi connectivity index (χ0) is 26.9. The van der Waals surface area contributed by atoms with Crippen LogP contribution >= 0.6 is 34.7 Å². The van der Waals surface area contributed by atoms with Crippen molar-refractivity contribution >= 4 is 46.7 Å². The minimum absolute atomic E-state index is 0.268. The van der Waals surface area contributed by atoms with Gasteiger partial charge in [0.25, 0.3) is 5.56 Å². The number of esters is 1. The summed E-state index contributed by atoms with van der Waals surface area (Å²) in [6, 6.07) is 10.6. The molecule has 1 aliphatic rings. The molecule has 4 rings (SSSR count). The van der Waals surface area contributed by atoms with Gasteiger partial charge in [0.2, 0.25) is 0 Å². The molecule has 0 saturated heterocycles. The molecule has 37 heavy (non-hydrogen) atoms. The molecule has 0 N–H and O–H groups in total. The number of hydrogen-bond donors (Lipinski definition) is 0. The van der Waals surface area contributed by atoms with E-state index in [9.17, 15) is 9.59 Å². The van der Waals surface area contributed by atoms with Gasteiger partial charge in [0.05, 0.1) is 47.2 Å². The van der Waals surface area contributed by atoms with Crippen molar-refractivity contribution in [1.82, 2.24) is 4.57 Å². The van der Waals surface area contributed by atoms with Crippen LogP contribution in [0.4, 0.5) is 0 Å². The number of ether oxygens (including phenoxy) is 3. The number of benzene rings is 2. The number of allylic oxidation sites excluding steroid dienone is 1. The van der Waals surface area contributed by atoms with Crippen molar-refractivity contribution in [2.45, 2.75) is 37.8 Å². The maximum atomic E-state index is 13.8. The molecule has 1 aliphatic heterocycles. The lowest BCUT2D eigenvalue weighted by Gasteiger charge is -2.25. The summed E-state index contributed by atoms with van der Waals surface area (Å²) in [5.74, 6) is 0.381. The van der Waals surface area contributed by atoms with E-state index in [1.165, 1.54) is 25.6 Å². The van der Waals surface area contributed by atoms with Crippen LogP contribution in [0.1, 0.15) is 37.9 Å². The summed E-state index contributed by atoms with van der Waals surface area (Å²) in [7, 11) is 3.03. The number of hydrogen-bond acceptors (Lipinski definition) is 8. The summed E-state index contributed by atoms with van der Waals surface area (Å²) in [6.45, 7) is 5.35. The molecule has 194 valence electrons. The highest BCUT2D eigenvalue weighted by molar-refractivity contribution is 7.98. The smallest absolute Gasteiger partial charge is 0.338 e. The van der Waals surface area contributed by atoms with Gasteiger partial charge in [-0.1, -0.05) is 35.1 Å². The number of carbonyl (C=O) groups is 1. The molecule has 3 aromatic rings. The van der Waals surface area contributed by atoms with E-state index in [-0.39, 0.29) is 11.7 Å². The van der Waals surface area contributed by atoms with E-state index in [4.69, 9.17) is 25.8 Å². The third-order valence-electron chi connectivity index (χ3n) is 5.77. The van der Waals surface area contributed by atoms with E-state index in [1.54, 1.807) is 55.3 Å². The quantitative estimate of drug-likeness (QED) is 0.312. The molecule has 1 aromatic heterocycles. The Bertz CT molecular complexity index is 1560. The highest BCUT2D eigenvalue weighted by Gasteiger charge is 2.33. The third-order valence-corrected chi connectivity index (χ3v) is 7.78. The van der Waals surface area contributed by atoms with E-state index in [1.807, 2.05) is 30.5 Å². The first-order valence-corrected chi connectivity index (χ1v) is 13.9. The Hall–Kier alpha value is -3.01. The zero-order valence-corrected chi connectivity index (χ0v) is 23.7. The SMILES string of the molecule is COc1cc(/C=c2/sc3n(c2=O)[C@@H](c2ccc(SC)cc2)C(C(=O)OC(C)C)=C(C)N=3)cc(Cl)c1OC. The predicted octanol–water partition coefficient (Wildman–Crippen LogP) is 4.58. The van der Waals surface area contributed by atoms with E-state index in [2.05, 4.69) is 4.99 Å². The summed E-state index contributed by atoms with van der Waals surface area (Å²) >= 11 is 9.24. The molecule has 1 atom stereocenters. The van der Waals surface area contributed by atoms with Crippen LogP contribution in [-0.2, 0) is 9.53 Å². The Morgan fingerprint density at radius 3 is 2.49 bits per heavy atom. The topological polar surface area (TPSA) is 79.1 Å². The molecule has 2 heterocycles. The van der Waals surface area contributed by atoms with Gasteiger partial charge in [0.15, 0.2) is 16.3 Å². The first-order valence-electron chi connectivity index (χ1n) is 11.5. The number of halogens is 1. The lowest BCUT2D eigenvalue weighted by atomic mass is 9.96. The monoisotopic (exact) mass is 558 g/mol. The Labute approximate surface area is 228 Å². The summed E-state index contributed by atoms with van der Waals surface area (Å²) in [5, 5.41) is 0.363. The predicted molar refractivity (Wildman–Crippen MR) is 148 cm³/mol. The number of methoxy groups -OCH3 is 2. The largest absolute Gasteiger partial charge is 0.493 e. The molecule has 7 nitrogen and oxygen atoms in total. The fourth-order valence-corrected chi connectivity index (χ4v) is 5.89. The van der Waals surface area contributed by atoms with Crippen LogP contribution < -0.4 is 24.4 Å². The highest BCUT2D eigenvalue weighted by atomic mass is 35.5. The van der Waals surface area contributed by atoms with E-state index in [0.717, 1.165) is 10.5 Å². The molecule has 0 unspecified atom stereocenters. The fourth-order valence-electron chi connectivity index (χ4n) is 4.13. The standard InChI is InChI=1S/C27H27ClN2O5S2/c1-14(2)35-26(32)22-15(3)29-27-30(23(22)17-7-9-18(36-6)10-8-17)25(31)21(37-27)13-16-11-19(28)24(34-5)20(12-16)33-4/h7-14,23H,1-6H3/b21-13+/t23-/m0/s1. The number of aromatic nitrogens is 1. The van der Waals surface area contributed by atoms with Gasteiger partial charge < -0.3 is 14.2 Å². The van der Waals surface area contributed by atoms with Crippen LogP contribution in [0.3, 0.4) is 0 Å². The first kappa shape index (κ1) is 27.0. The average Bonchev–Trinajstić information content (AvgIpc) is 3.16. The lowest BCUT2D eigenvalue weighted by Crippen LogP contribution is -2.40. The molecule has 0 bridgehead atoms. The van der Waals surface area contributed by atoms with Crippen LogP contribution in [0.2, 0.25) is 5.02 Å². The minimum Gasteiger partial charge on any atom is -0.493 e. The second-order valence-corrected chi connectivity index (χ2v) is 10.8. The van der Waals surface area contributed by atoms with Gasteiger partial charge in [-0.3, -0.25) is 9.36 Å². The zero-order valence-electron chi connectivity index (χ0n) is 21.3. The lowest BCUT2D eigenvalue weighted by molar-refractivity contribution is -0.143. The fraction of sp³-hybridized carbons (Fsp3) is 0.296.